The second kappa shape index (κ2) is 3.10. The number of rotatable bonds is 0. The molecule has 0 aliphatic carbocycles. The zero-order valence-electron chi connectivity index (χ0n) is 7.58. The molecule has 1 aromatic carbocycles. The summed E-state index contributed by atoms with van der Waals surface area (Å²) >= 11 is 1.79. The standard InChI is InChI=1S/C11H10N2S/c1-2-4-10-9(3-1)13-7-8-5-6-12-11(8)14-10/h1-6,12-13H,7H2. The van der Waals surface area contributed by atoms with Gasteiger partial charge < -0.3 is 10.3 Å². The molecule has 0 radical (unpaired) electrons. The number of hydrogen-bond donors (Lipinski definition) is 2. The molecule has 1 aliphatic heterocycles. The van der Waals surface area contributed by atoms with Gasteiger partial charge in [0.2, 0.25) is 0 Å². The van der Waals surface area contributed by atoms with Gasteiger partial charge in [-0.05, 0) is 18.2 Å². The monoisotopic (exact) mass is 202 g/mol. The van der Waals surface area contributed by atoms with Crippen LogP contribution in [-0.2, 0) is 6.54 Å². The third-order valence-electron chi connectivity index (χ3n) is 2.36. The number of aromatic amines is 1. The van der Waals surface area contributed by atoms with Crippen molar-refractivity contribution in [3.63, 3.8) is 0 Å². The predicted molar refractivity (Wildman–Crippen MR) is 58.7 cm³/mol. The van der Waals surface area contributed by atoms with E-state index >= 15 is 0 Å². The third-order valence-corrected chi connectivity index (χ3v) is 3.52. The maximum Gasteiger partial charge on any atom is 0.0821 e. The molecule has 2 nitrogen and oxygen atoms in total. The van der Waals surface area contributed by atoms with Gasteiger partial charge in [-0.25, -0.2) is 0 Å². The zero-order valence-corrected chi connectivity index (χ0v) is 8.40. The number of fused-ring (bicyclic) bond motifs is 2. The molecule has 70 valence electrons. The number of H-pyrrole nitrogens is 1. The van der Waals surface area contributed by atoms with E-state index in [1.807, 2.05) is 6.20 Å². The smallest absolute Gasteiger partial charge is 0.0821 e. The number of aromatic nitrogens is 1. The molecule has 3 rings (SSSR count). The van der Waals surface area contributed by atoms with E-state index in [4.69, 9.17) is 0 Å². The highest BCUT2D eigenvalue weighted by atomic mass is 32.2. The van der Waals surface area contributed by atoms with Crippen LogP contribution in [0.2, 0.25) is 0 Å². The average molecular weight is 202 g/mol. The Kier molecular flexibility index (Phi) is 1.77. The number of anilines is 1. The molecule has 0 spiro atoms. The molecule has 0 saturated carbocycles. The van der Waals surface area contributed by atoms with Gasteiger partial charge in [-0.3, -0.25) is 0 Å². The van der Waals surface area contributed by atoms with E-state index in [1.54, 1.807) is 11.8 Å². The third kappa shape index (κ3) is 1.21. The van der Waals surface area contributed by atoms with Crippen LogP contribution in [0, 0.1) is 0 Å². The van der Waals surface area contributed by atoms with Crippen LogP contribution in [0.3, 0.4) is 0 Å². The van der Waals surface area contributed by atoms with Crippen LogP contribution in [0.5, 0.6) is 0 Å². The first-order valence-electron chi connectivity index (χ1n) is 4.60. The van der Waals surface area contributed by atoms with Gasteiger partial charge in [0.15, 0.2) is 0 Å². The quantitative estimate of drug-likeness (QED) is 0.687. The molecule has 3 heteroatoms. The lowest BCUT2D eigenvalue weighted by Crippen LogP contribution is -1.96. The van der Waals surface area contributed by atoms with Gasteiger partial charge in [0, 0.05) is 28.9 Å². The Hall–Kier alpha value is -1.35. The van der Waals surface area contributed by atoms with Crippen molar-refractivity contribution < 1.29 is 0 Å². The van der Waals surface area contributed by atoms with Crippen LogP contribution < -0.4 is 5.32 Å². The Morgan fingerprint density at radius 2 is 2.07 bits per heavy atom. The Morgan fingerprint density at radius 1 is 1.14 bits per heavy atom. The fraction of sp³-hybridized carbons (Fsp3) is 0.0909. The molecule has 0 fully saturated rings. The van der Waals surface area contributed by atoms with Crippen molar-refractivity contribution in [2.45, 2.75) is 16.5 Å². The molecule has 2 N–H and O–H groups in total. The van der Waals surface area contributed by atoms with Gasteiger partial charge >= 0.3 is 0 Å². The van der Waals surface area contributed by atoms with Crippen LogP contribution in [0.25, 0.3) is 0 Å². The largest absolute Gasteiger partial charge is 0.380 e. The highest BCUT2D eigenvalue weighted by molar-refractivity contribution is 7.99. The van der Waals surface area contributed by atoms with Crippen molar-refractivity contribution in [2.24, 2.45) is 0 Å². The highest BCUT2D eigenvalue weighted by Gasteiger charge is 2.12. The number of para-hydroxylation sites is 1. The van der Waals surface area contributed by atoms with E-state index in [-0.39, 0.29) is 0 Å². The summed E-state index contributed by atoms with van der Waals surface area (Å²) in [5.74, 6) is 0. The highest BCUT2D eigenvalue weighted by Crippen LogP contribution is 2.37. The van der Waals surface area contributed by atoms with Gasteiger partial charge in [-0.2, -0.15) is 0 Å². The SMILES string of the molecule is c1ccc2c(c1)NCc1cc[nH]c1S2. The summed E-state index contributed by atoms with van der Waals surface area (Å²) in [7, 11) is 0. The minimum atomic E-state index is 0.906. The van der Waals surface area contributed by atoms with E-state index in [0.29, 0.717) is 0 Å². The lowest BCUT2D eigenvalue weighted by molar-refractivity contribution is 1.07. The van der Waals surface area contributed by atoms with Crippen molar-refractivity contribution in [3.8, 4) is 0 Å². The maximum absolute atomic E-state index is 3.43. The Morgan fingerprint density at radius 3 is 3.07 bits per heavy atom. The Bertz CT molecular complexity index is 462. The lowest BCUT2D eigenvalue weighted by Gasteiger charge is -2.04. The van der Waals surface area contributed by atoms with Gasteiger partial charge in [-0.15, -0.1) is 0 Å². The molecule has 0 saturated heterocycles. The van der Waals surface area contributed by atoms with Gasteiger partial charge in [0.05, 0.1) is 5.03 Å². The van der Waals surface area contributed by atoms with Crippen molar-refractivity contribution in [3.05, 3.63) is 42.1 Å². The normalized spacial score (nSPS) is 13.7. The molecule has 2 aromatic rings. The number of nitrogens with one attached hydrogen (secondary N) is 2. The summed E-state index contributed by atoms with van der Waals surface area (Å²) in [6.45, 7) is 0.906. The summed E-state index contributed by atoms with van der Waals surface area (Å²) in [6, 6.07) is 10.5. The van der Waals surface area contributed by atoms with Crippen molar-refractivity contribution in [1.29, 1.82) is 0 Å². The van der Waals surface area contributed by atoms with Crippen molar-refractivity contribution >= 4 is 17.4 Å². The Balaban J connectivity index is 2.10. The van der Waals surface area contributed by atoms with Gasteiger partial charge in [-0.1, -0.05) is 23.9 Å². The molecule has 0 bridgehead atoms. The summed E-state index contributed by atoms with van der Waals surface area (Å²) in [4.78, 5) is 4.55. The number of benzene rings is 1. The van der Waals surface area contributed by atoms with E-state index in [2.05, 4.69) is 40.6 Å². The summed E-state index contributed by atoms with van der Waals surface area (Å²) < 4.78 is 0. The number of hydrogen-bond acceptors (Lipinski definition) is 2. The Labute approximate surface area is 86.7 Å². The minimum Gasteiger partial charge on any atom is -0.380 e. The van der Waals surface area contributed by atoms with Crippen molar-refractivity contribution in [1.82, 2.24) is 4.98 Å². The maximum atomic E-state index is 3.43. The lowest BCUT2D eigenvalue weighted by atomic mass is 10.3. The molecule has 1 aromatic heterocycles. The van der Waals surface area contributed by atoms with Crippen molar-refractivity contribution in [2.75, 3.05) is 5.32 Å². The first-order valence-corrected chi connectivity index (χ1v) is 5.42. The van der Waals surface area contributed by atoms with Crippen LogP contribution in [0.1, 0.15) is 5.56 Å². The molecule has 2 heterocycles. The predicted octanol–water partition coefficient (Wildman–Crippen LogP) is 3.09. The second-order valence-corrected chi connectivity index (χ2v) is 4.34. The van der Waals surface area contributed by atoms with Gasteiger partial charge in [0.1, 0.15) is 0 Å². The van der Waals surface area contributed by atoms with E-state index in [1.165, 1.54) is 21.2 Å². The average Bonchev–Trinajstić information content (AvgIpc) is 2.58. The molecular formula is C11H10N2S. The molecule has 0 unspecified atom stereocenters. The van der Waals surface area contributed by atoms with E-state index < -0.39 is 0 Å². The molecule has 0 amide bonds. The van der Waals surface area contributed by atoms with Crippen LogP contribution >= 0.6 is 11.8 Å². The summed E-state index contributed by atoms with van der Waals surface area (Å²) in [6.07, 6.45) is 1.99. The first-order chi connectivity index (χ1) is 6.93. The van der Waals surface area contributed by atoms with E-state index in [0.717, 1.165) is 6.54 Å². The molecule has 1 aliphatic rings. The minimum absolute atomic E-state index is 0.906. The van der Waals surface area contributed by atoms with Crippen LogP contribution in [-0.4, -0.2) is 4.98 Å². The van der Waals surface area contributed by atoms with E-state index in [9.17, 15) is 0 Å². The molecular weight excluding hydrogens is 192 g/mol. The zero-order chi connectivity index (χ0) is 9.38. The second-order valence-electron chi connectivity index (χ2n) is 3.28. The fourth-order valence-corrected chi connectivity index (χ4v) is 2.64. The summed E-state index contributed by atoms with van der Waals surface area (Å²) in [5, 5.41) is 4.68. The van der Waals surface area contributed by atoms with Crippen LogP contribution in [0.4, 0.5) is 5.69 Å². The van der Waals surface area contributed by atoms with Crippen LogP contribution in [0.15, 0.2) is 46.5 Å². The molecule has 0 atom stereocenters. The molecule has 14 heavy (non-hydrogen) atoms. The van der Waals surface area contributed by atoms with Gasteiger partial charge in [0.25, 0.3) is 0 Å². The first kappa shape index (κ1) is 8.00. The fourth-order valence-electron chi connectivity index (χ4n) is 1.62. The summed E-state index contributed by atoms with van der Waals surface area (Å²) in [5.41, 5.74) is 2.56. The topological polar surface area (TPSA) is 27.8 Å².